The first-order valence-corrected chi connectivity index (χ1v) is 30.6. The van der Waals surface area contributed by atoms with Crippen molar-refractivity contribution < 1.29 is 55.5 Å². The molecule has 456 valence electrons. The van der Waals surface area contributed by atoms with Gasteiger partial charge in [-0.15, -0.1) is 11.8 Å². The van der Waals surface area contributed by atoms with Crippen molar-refractivity contribution in [2.45, 2.75) is 82.2 Å². The van der Waals surface area contributed by atoms with Crippen molar-refractivity contribution in [3.63, 3.8) is 0 Å². The van der Waals surface area contributed by atoms with Crippen LogP contribution in [0.15, 0.2) is 78.0 Å². The van der Waals surface area contributed by atoms with Crippen LogP contribution in [0.5, 0.6) is 11.5 Å². The van der Waals surface area contributed by atoms with E-state index in [0.29, 0.717) is 35.9 Å². The molecule has 0 aliphatic carbocycles. The lowest BCUT2D eigenvalue weighted by Gasteiger charge is -2.41. The van der Waals surface area contributed by atoms with Crippen LogP contribution in [-0.2, 0) is 35.4 Å². The smallest absolute Gasteiger partial charge is 0.194 e. The van der Waals surface area contributed by atoms with Gasteiger partial charge in [-0.3, -0.25) is 19.8 Å². The number of aliphatic hydroxyl groups excluding tert-OH is 2. The van der Waals surface area contributed by atoms with Gasteiger partial charge in [0.2, 0.25) is 0 Å². The summed E-state index contributed by atoms with van der Waals surface area (Å²) in [4.78, 5) is 19.3. The highest BCUT2D eigenvalue weighted by molar-refractivity contribution is 7.99. The number of aliphatic hydroxyl groups is 2. The Balaban J connectivity index is 0.000000202. The van der Waals surface area contributed by atoms with E-state index >= 15 is 0 Å². The molecule has 20 heteroatoms. The number of aromatic nitrogens is 2. The number of rotatable bonds is 24. The van der Waals surface area contributed by atoms with Crippen molar-refractivity contribution in [3.8, 4) is 11.5 Å². The van der Waals surface area contributed by atoms with Gasteiger partial charge in [0.05, 0.1) is 51.7 Å². The molecule has 4 aromatic carbocycles. The molecule has 2 aromatic heterocycles. The fourth-order valence-electron chi connectivity index (χ4n) is 12.4. The summed E-state index contributed by atoms with van der Waals surface area (Å²) >= 11 is 1.32. The molecule has 0 saturated carbocycles. The summed E-state index contributed by atoms with van der Waals surface area (Å²) in [5.41, 5.74) is 6.43. The number of hydrogen-bond acceptors (Lipinski definition) is 14. The third kappa shape index (κ3) is 16.6. The first-order chi connectivity index (χ1) is 40.8. The Morgan fingerprint density at radius 1 is 0.571 bits per heavy atom. The Morgan fingerprint density at radius 3 is 1.46 bits per heavy atom. The Morgan fingerprint density at radius 2 is 1.02 bits per heavy atom. The van der Waals surface area contributed by atoms with Crippen LogP contribution in [0.1, 0.15) is 73.6 Å². The molecule has 10 rings (SSSR count). The molecule has 84 heavy (non-hydrogen) atoms. The molecular formula is C64H81F6N7O6S. The normalized spacial score (nSPS) is 18.0. The Bertz CT molecular complexity index is 3060. The van der Waals surface area contributed by atoms with E-state index in [1.165, 1.54) is 34.0 Å². The van der Waals surface area contributed by atoms with Crippen molar-refractivity contribution in [2.24, 2.45) is 10.8 Å². The molecule has 4 saturated heterocycles. The van der Waals surface area contributed by atoms with Crippen molar-refractivity contribution in [1.29, 1.82) is 0 Å². The zero-order valence-corrected chi connectivity index (χ0v) is 49.3. The highest BCUT2D eigenvalue weighted by Crippen LogP contribution is 2.39. The quantitative estimate of drug-likeness (QED) is 0.0302. The molecule has 4 aliphatic heterocycles. The number of thioether (sulfide) groups is 1. The Kier molecular flexibility index (Phi) is 22.9. The van der Waals surface area contributed by atoms with Crippen molar-refractivity contribution >= 4 is 39.3 Å². The van der Waals surface area contributed by atoms with Crippen molar-refractivity contribution in [3.05, 3.63) is 130 Å². The van der Waals surface area contributed by atoms with Crippen LogP contribution >= 0.6 is 11.8 Å². The van der Waals surface area contributed by atoms with Gasteiger partial charge in [-0.25, -0.2) is 26.3 Å². The number of benzene rings is 4. The van der Waals surface area contributed by atoms with E-state index < -0.39 is 34.9 Å². The number of methoxy groups -OCH3 is 2. The predicted molar refractivity (Wildman–Crippen MR) is 317 cm³/mol. The molecule has 4 fully saturated rings. The number of nitrogens with one attached hydrogen (secondary N) is 1. The van der Waals surface area contributed by atoms with Crippen molar-refractivity contribution in [1.82, 2.24) is 29.6 Å². The van der Waals surface area contributed by atoms with E-state index in [1.54, 1.807) is 14.2 Å². The maximum Gasteiger partial charge on any atom is 0.194 e. The van der Waals surface area contributed by atoms with Gasteiger partial charge in [0.15, 0.2) is 29.1 Å². The summed E-state index contributed by atoms with van der Waals surface area (Å²) in [6, 6.07) is 15.5. The summed E-state index contributed by atoms with van der Waals surface area (Å²) in [5.74, 6) is -4.25. The maximum atomic E-state index is 13.9. The Labute approximate surface area is 494 Å². The van der Waals surface area contributed by atoms with E-state index in [-0.39, 0.29) is 29.7 Å². The van der Waals surface area contributed by atoms with Gasteiger partial charge in [-0.2, -0.15) is 0 Å². The monoisotopic (exact) mass is 1190 g/mol. The fraction of sp³-hybridized carbons (Fsp3) is 0.531. The number of fused-ring (bicyclic) bond motifs is 2. The van der Waals surface area contributed by atoms with Crippen LogP contribution in [-0.4, -0.2) is 171 Å². The summed E-state index contributed by atoms with van der Waals surface area (Å²) in [6.45, 7) is 13.7. The molecule has 0 amide bonds. The molecule has 6 heterocycles. The zero-order valence-electron chi connectivity index (χ0n) is 48.5. The minimum Gasteiger partial charge on any atom is -0.497 e. The van der Waals surface area contributed by atoms with Gasteiger partial charge in [0.25, 0.3) is 0 Å². The number of piperidine rings is 2. The Hall–Kier alpha value is -5.29. The van der Waals surface area contributed by atoms with Gasteiger partial charge in [0.1, 0.15) is 23.0 Å². The number of pyridine rings is 2. The standard InChI is InChI=1S/C32H41F3N4O3.C32H40F3N3O3S/c1-41-25-4-5-30-27(19-25)26(23(20-37-30)21-39-13-15-42-16-14-39)3-2-6-32(22-40)7-10-38(11-8-32)12-9-36-31-28(34)17-24(33)18-29(31)35;1-40-24-4-5-30-27(17-24)26(23(20-36-30)21-38-11-14-41-15-12-38)3-2-6-32(22-39)7-9-37(10-8-32)13-16-42-25-18-28(33)31(35)29(34)19-25/h4-5,17-20,36,40H,2-3,6-16,21-22H2,1H3;4-5,17-20,39H,2-3,6-16,21-22H2,1H3. The van der Waals surface area contributed by atoms with E-state index in [9.17, 15) is 36.6 Å². The predicted octanol–water partition coefficient (Wildman–Crippen LogP) is 10.7. The third-order valence-corrected chi connectivity index (χ3v) is 18.6. The highest BCUT2D eigenvalue weighted by Gasteiger charge is 2.35. The number of halogens is 6. The lowest BCUT2D eigenvalue weighted by atomic mass is 9.75. The SMILES string of the molecule is COc1ccc2ncc(CN3CCOCC3)c(CCCC3(CO)CCN(CCNc4c(F)cc(F)cc4F)CC3)c2c1.COc1ccc2ncc(CN3CCOCC3)c(CCCC3(CO)CCN(CCSc4cc(F)c(F)c(F)c4)CC3)c2c1. The third-order valence-electron chi connectivity index (χ3n) is 17.7. The van der Waals surface area contributed by atoms with Crippen LogP contribution in [0.4, 0.5) is 32.0 Å². The number of aryl methyl sites for hydroxylation is 2. The number of nitrogens with zero attached hydrogens (tertiary/aromatic N) is 6. The lowest BCUT2D eigenvalue weighted by molar-refractivity contribution is 0.0337. The van der Waals surface area contributed by atoms with Crippen LogP contribution < -0.4 is 14.8 Å². The second-order valence-corrected chi connectivity index (χ2v) is 24.2. The molecule has 13 nitrogen and oxygen atoms in total. The topological polar surface area (TPSA) is 128 Å². The number of hydrogen-bond donors (Lipinski definition) is 3. The van der Waals surface area contributed by atoms with Crippen molar-refractivity contribution in [2.75, 3.05) is 137 Å². The number of anilines is 1. The molecule has 4 aliphatic rings. The van der Waals surface area contributed by atoms with Gasteiger partial charge in [0, 0.05) is 118 Å². The van der Waals surface area contributed by atoms with Gasteiger partial charge < -0.3 is 44.3 Å². The van der Waals surface area contributed by atoms with Gasteiger partial charge in [-0.1, -0.05) is 0 Å². The molecule has 6 aromatic rings. The van der Waals surface area contributed by atoms with Crippen LogP contribution in [0, 0.1) is 45.7 Å². The molecule has 0 spiro atoms. The van der Waals surface area contributed by atoms with Gasteiger partial charge >= 0.3 is 0 Å². The van der Waals surface area contributed by atoms with E-state index in [0.717, 1.165) is 208 Å². The molecule has 0 unspecified atom stereocenters. The molecule has 0 radical (unpaired) electrons. The van der Waals surface area contributed by atoms with E-state index in [4.69, 9.17) is 28.9 Å². The average molecular weight is 1190 g/mol. The summed E-state index contributed by atoms with van der Waals surface area (Å²) in [7, 11) is 3.36. The number of likely N-dealkylation sites (tertiary alicyclic amines) is 2. The molecule has 3 N–H and O–H groups in total. The maximum absolute atomic E-state index is 13.9. The van der Waals surface area contributed by atoms with E-state index in [1.807, 2.05) is 36.7 Å². The average Bonchev–Trinajstić information content (AvgIpc) is 3.53. The second kappa shape index (κ2) is 30.4. The summed E-state index contributed by atoms with van der Waals surface area (Å²) < 4.78 is 103. The second-order valence-electron chi connectivity index (χ2n) is 23.0. The van der Waals surface area contributed by atoms with Crippen LogP contribution in [0.3, 0.4) is 0 Å². The molecule has 0 atom stereocenters. The zero-order chi connectivity index (χ0) is 59.1. The summed E-state index contributed by atoms with van der Waals surface area (Å²) in [6.07, 6.45) is 13.1. The number of ether oxygens (including phenoxy) is 4. The summed E-state index contributed by atoms with van der Waals surface area (Å²) in [5, 5.41) is 25.9. The van der Waals surface area contributed by atoms with Crippen LogP contribution in [0.2, 0.25) is 0 Å². The van der Waals surface area contributed by atoms with E-state index in [2.05, 4.69) is 37.0 Å². The molecular weight excluding hydrogens is 1110 g/mol. The van der Waals surface area contributed by atoms with Gasteiger partial charge in [-0.05, 0) is 172 Å². The largest absolute Gasteiger partial charge is 0.497 e. The molecule has 0 bridgehead atoms. The first-order valence-electron chi connectivity index (χ1n) is 29.6. The fourth-order valence-corrected chi connectivity index (χ4v) is 13.3. The highest BCUT2D eigenvalue weighted by atomic mass is 32.2. The lowest BCUT2D eigenvalue weighted by Crippen LogP contribution is -2.43. The van der Waals surface area contributed by atoms with Crippen LogP contribution in [0.25, 0.3) is 21.8 Å². The number of morpholine rings is 2. The minimum absolute atomic E-state index is 0.113. The first kappa shape index (κ1) is 63.2. The minimum atomic E-state index is -1.43.